The smallest absolute Gasteiger partial charge is 0.340 e. The van der Waals surface area contributed by atoms with E-state index >= 15 is 0 Å². The molecule has 2 aromatic rings. The van der Waals surface area contributed by atoms with Gasteiger partial charge in [0.1, 0.15) is 0 Å². The third-order valence-electron chi connectivity index (χ3n) is 4.15. The lowest BCUT2D eigenvalue weighted by molar-refractivity contribution is -0.137. The number of carbonyl (C=O) groups excluding carboxylic acids is 1. The minimum Gasteiger partial charge on any atom is -0.340 e. The Kier molecular flexibility index (Phi) is 6.01. The van der Waals surface area contributed by atoms with Gasteiger partial charge >= 0.3 is 6.18 Å². The third-order valence-corrected chi connectivity index (χ3v) is 4.15. The lowest BCUT2D eigenvalue weighted by atomic mass is 10.0. The summed E-state index contributed by atoms with van der Waals surface area (Å²) in [7, 11) is 1.62. The largest absolute Gasteiger partial charge is 0.416 e. The summed E-state index contributed by atoms with van der Waals surface area (Å²) in [6.45, 7) is 4.47. The van der Waals surface area contributed by atoms with Crippen molar-refractivity contribution in [2.75, 3.05) is 13.6 Å². The first-order chi connectivity index (χ1) is 12.1. The second-order valence-corrected chi connectivity index (χ2v) is 6.52. The van der Waals surface area contributed by atoms with Crippen LogP contribution in [0.3, 0.4) is 0 Å². The second kappa shape index (κ2) is 7.86. The van der Waals surface area contributed by atoms with Gasteiger partial charge in [-0.25, -0.2) is 4.68 Å². The quantitative estimate of drug-likeness (QED) is 0.849. The molecular formula is C17H22F3N5O. The summed E-state index contributed by atoms with van der Waals surface area (Å²) < 4.78 is 39.6. The number of aromatic nitrogens is 3. The minimum absolute atomic E-state index is 0.0222. The number of alkyl halides is 3. The van der Waals surface area contributed by atoms with Gasteiger partial charge in [0.25, 0.3) is 5.91 Å². The zero-order chi connectivity index (χ0) is 19.5. The molecule has 0 aliphatic carbocycles. The molecule has 1 aromatic carbocycles. The number of nitrogens with two attached hydrogens (primary N) is 1. The van der Waals surface area contributed by atoms with Gasteiger partial charge < -0.3 is 10.6 Å². The van der Waals surface area contributed by atoms with Crippen LogP contribution in [0.2, 0.25) is 0 Å². The van der Waals surface area contributed by atoms with Gasteiger partial charge in [0.05, 0.1) is 17.4 Å². The van der Waals surface area contributed by atoms with Crippen LogP contribution in [0.5, 0.6) is 0 Å². The predicted molar refractivity (Wildman–Crippen MR) is 90.8 cm³/mol. The van der Waals surface area contributed by atoms with Crippen LogP contribution in [-0.4, -0.2) is 45.4 Å². The summed E-state index contributed by atoms with van der Waals surface area (Å²) in [6.07, 6.45) is -2.50. The van der Waals surface area contributed by atoms with Crippen LogP contribution in [0.4, 0.5) is 13.2 Å². The van der Waals surface area contributed by atoms with E-state index in [4.69, 9.17) is 5.73 Å². The molecule has 0 saturated heterocycles. The highest BCUT2D eigenvalue weighted by Crippen LogP contribution is 2.30. The Morgan fingerprint density at radius 1 is 1.35 bits per heavy atom. The molecule has 0 bridgehead atoms. The number of halogens is 3. The van der Waals surface area contributed by atoms with Gasteiger partial charge in [-0.1, -0.05) is 25.1 Å². The fourth-order valence-electron chi connectivity index (χ4n) is 2.29. The Morgan fingerprint density at radius 2 is 2.04 bits per heavy atom. The molecule has 1 unspecified atom stereocenters. The Labute approximate surface area is 149 Å². The molecule has 0 fully saturated rings. The number of hydrogen-bond donors (Lipinski definition) is 1. The van der Waals surface area contributed by atoms with Crippen molar-refractivity contribution in [1.82, 2.24) is 19.9 Å². The monoisotopic (exact) mass is 369 g/mol. The lowest BCUT2D eigenvalue weighted by Crippen LogP contribution is -2.34. The van der Waals surface area contributed by atoms with Crippen LogP contribution in [-0.2, 0) is 6.18 Å². The lowest BCUT2D eigenvalue weighted by Gasteiger charge is -2.20. The molecule has 9 heteroatoms. The summed E-state index contributed by atoms with van der Waals surface area (Å²) in [5, 5.41) is 7.54. The van der Waals surface area contributed by atoms with E-state index in [9.17, 15) is 18.0 Å². The van der Waals surface area contributed by atoms with Gasteiger partial charge in [-0.2, -0.15) is 13.2 Å². The average Bonchev–Trinajstić information content (AvgIpc) is 3.08. The van der Waals surface area contributed by atoms with Gasteiger partial charge in [0.2, 0.25) is 0 Å². The Balaban J connectivity index is 2.11. The van der Waals surface area contributed by atoms with E-state index in [2.05, 4.69) is 10.3 Å². The van der Waals surface area contributed by atoms with Crippen molar-refractivity contribution in [1.29, 1.82) is 0 Å². The predicted octanol–water partition coefficient (Wildman–Crippen LogP) is 2.73. The molecule has 6 nitrogen and oxygen atoms in total. The van der Waals surface area contributed by atoms with E-state index in [0.29, 0.717) is 18.9 Å². The standard InChI is InChI=1S/C17H22F3N5O/c1-11(2)14(21)7-8-24(3)16(26)15-10-25(23-22-15)13-6-4-5-12(9-13)17(18,19)20/h4-6,9-11,14H,7-8,21H2,1-3H3. The number of benzene rings is 1. The molecule has 0 spiro atoms. The van der Waals surface area contributed by atoms with Crippen molar-refractivity contribution in [3.63, 3.8) is 0 Å². The van der Waals surface area contributed by atoms with E-state index in [1.807, 2.05) is 13.8 Å². The molecule has 0 aliphatic heterocycles. The summed E-state index contributed by atoms with van der Waals surface area (Å²) in [5.41, 5.74) is 5.41. The molecule has 0 radical (unpaired) electrons. The van der Waals surface area contributed by atoms with Crippen LogP contribution < -0.4 is 5.73 Å². The van der Waals surface area contributed by atoms with Crippen LogP contribution in [0, 0.1) is 5.92 Å². The highest BCUT2D eigenvalue weighted by molar-refractivity contribution is 5.91. The van der Waals surface area contributed by atoms with Crippen LogP contribution in [0.1, 0.15) is 36.3 Å². The number of amides is 1. The van der Waals surface area contributed by atoms with Crippen molar-refractivity contribution in [3.8, 4) is 5.69 Å². The summed E-state index contributed by atoms with van der Waals surface area (Å²) in [4.78, 5) is 13.9. The first-order valence-corrected chi connectivity index (χ1v) is 8.20. The SMILES string of the molecule is CC(C)C(N)CCN(C)C(=O)c1cn(-c2cccc(C(F)(F)F)c2)nn1. The first-order valence-electron chi connectivity index (χ1n) is 8.20. The summed E-state index contributed by atoms with van der Waals surface area (Å²) in [6, 6.07) is 4.64. The van der Waals surface area contributed by atoms with Crippen LogP contribution >= 0.6 is 0 Å². The van der Waals surface area contributed by atoms with Gasteiger partial charge in [0.15, 0.2) is 5.69 Å². The Hall–Kier alpha value is -2.42. The summed E-state index contributed by atoms with van der Waals surface area (Å²) >= 11 is 0. The third kappa shape index (κ3) is 4.81. The molecule has 0 aliphatic rings. The molecule has 1 atom stereocenters. The van der Waals surface area contributed by atoms with E-state index < -0.39 is 11.7 Å². The normalized spacial score (nSPS) is 13.1. The maximum absolute atomic E-state index is 12.8. The fourth-order valence-corrected chi connectivity index (χ4v) is 2.29. The van der Waals surface area contributed by atoms with Crippen molar-refractivity contribution >= 4 is 5.91 Å². The number of nitrogens with zero attached hydrogens (tertiary/aromatic N) is 4. The van der Waals surface area contributed by atoms with Crippen molar-refractivity contribution < 1.29 is 18.0 Å². The summed E-state index contributed by atoms with van der Waals surface area (Å²) in [5.74, 6) is -0.0560. The van der Waals surface area contributed by atoms with Crippen molar-refractivity contribution in [2.24, 2.45) is 11.7 Å². The molecule has 2 N–H and O–H groups in total. The molecule has 1 heterocycles. The van der Waals surface area contributed by atoms with Gasteiger partial charge in [-0.3, -0.25) is 4.79 Å². The highest BCUT2D eigenvalue weighted by atomic mass is 19.4. The molecule has 1 amide bonds. The molecule has 2 rings (SSSR count). The number of carbonyl (C=O) groups is 1. The maximum atomic E-state index is 12.8. The van der Waals surface area contributed by atoms with E-state index in [0.717, 1.165) is 16.8 Å². The molecule has 0 saturated carbocycles. The topological polar surface area (TPSA) is 77.0 Å². The second-order valence-electron chi connectivity index (χ2n) is 6.52. The zero-order valence-corrected chi connectivity index (χ0v) is 14.9. The van der Waals surface area contributed by atoms with Gasteiger partial charge in [-0.15, -0.1) is 5.10 Å². The Morgan fingerprint density at radius 3 is 2.65 bits per heavy atom. The maximum Gasteiger partial charge on any atom is 0.416 e. The Bertz CT molecular complexity index is 757. The molecule has 1 aromatic heterocycles. The van der Waals surface area contributed by atoms with E-state index in [-0.39, 0.29) is 23.3 Å². The number of rotatable bonds is 6. The van der Waals surface area contributed by atoms with E-state index in [1.54, 1.807) is 7.05 Å². The molecular weight excluding hydrogens is 347 g/mol. The molecule has 142 valence electrons. The van der Waals surface area contributed by atoms with Crippen molar-refractivity contribution in [2.45, 2.75) is 32.5 Å². The number of hydrogen-bond acceptors (Lipinski definition) is 4. The fraction of sp³-hybridized carbons (Fsp3) is 0.471. The van der Waals surface area contributed by atoms with Crippen LogP contribution in [0.25, 0.3) is 5.69 Å². The van der Waals surface area contributed by atoms with Crippen molar-refractivity contribution in [3.05, 3.63) is 41.7 Å². The van der Waals surface area contributed by atoms with Crippen LogP contribution in [0.15, 0.2) is 30.5 Å². The average molecular weight is 369 g/mol. The zero-order valence-electron chi connectivity index (χ0n) is 14.9. The highest BCUT2D eigenvalue weighted by Gasteiger charge is 2.30. The van der Waals surface area contributed by atoms with Gasteiger partial charge in [0, 0.05) is 19.6 Å². The minimum atomic E-state index is -4.45. The molecule has 26 heavy (non-hydrogen) atoms. The van der Waals surface area contributed by atoms with Gasteiger partial charge in [-0.05, 0) is 30.5 Å². The first kappa shape index (κ1) is 19.9. The van der Waals surface area contributed by atoms with E-state index in [1.165, 1.54) is 23.2 Å².